The molecule has 0 saturated carbocycles. The number of allylic oxidation sites excluding steroid dienone is 3. The van der Waals surface area contributed by atoms with Crippen molar-refractivity contribution >= 4 is 29.5 Å². The van der Waals surface area contributed by atoms with Gasteiger partial charge in [-0.2, -0.15) is 0 Å². The molecule has 8 nitrogen and oxygen atoms in total. The maximum atomic E-state index is 13.0. The van der Waals surface area contributed by atoms with E-state index in [-0.39, 0.29) is 43.1 Å². The summed E-state index contributed by atoms with van der Waals surface area (Å²) in [5.74, 6) is -0.0834. The van der Waals surface area contributed by atoms with Crippen LogP contribution in [0.1, 0.15) is 26.2 Å². The molecular weight excluding hydrogens is 500 g/mol. The molecule has 0 saturated heterocycles. The molecule has 0 aliphatic heterocycles. The second-order valence-corrected chi connectivity index (χ2v) is 13.7. The van der Waals surface area contributed by atoms with E-state index >= 15 is 0 Å². The standard InChI is InChI=1S/C23H24O8S3/c1-2-3-23(16-24)34(30,31)22-14-12-21(13-15-22)33(28,29)20-10-8-19(9-11-20)32(26,27)18-6-4-17(25)5-7-18/h4-12,14-16,21,24-25H,2-3,13H2,1H3/b23-16+. The zero-order chi connectivity index (χ0) is 25.1. The molecule has 1 atom stereocenters. The van der Waals surface area contributed by atoms with Gasteiger partial charge in [-0.05, 0) is 67.4 Å². The van der Waals surface area contributed by atoms with Crippen molar-refractivity contribution < 1.29 is 35.5 Å². The number of phenols is 1. The van der Waals surface area contributed by atoms with Crippen molar-refractivity contribution in [2.24, 2.45) is 0 Å². The first kappa shape index (κ1) is 25.7. The van der Waals surface area contributed by atoms with Gasteiger partial charge in [0.15, 0.2) is 9.84 Å². The lowest BCUT2D eigenvalue weighted by atomic mass is 10.2. The van der Waals surface area contributed by atoms with E-state index in [1.165, 1.54) is 66.8 Å². The summed E-state index contributed by atoms with van der Waals surface area (Å²) in [6.07, 6.45) is 4.94. The summed E-state index contributed by atoms with van der Waals surface area (Å²) < 4.78 is 76.8. The van der Waals surface area contributed by atoms with E-state index in [0.717, 1.165) is 0 Å². The molecule has 2 aromatic rings. The minimum absolute atomic E-state index is 0.0469. The number of hydrogen-bond donors (Lipinski definition) is 2. The van der Waals surface area contributed by atoms with Gasteiger partial charge in [-0.15, -0.1) is 0 Å². The Balaban J connectivity index is 1.83. The van der Waals surface area contributed by atoms with Crippen LogP contribution in [0, 0.1) is 0 Å². The molecular formula is C23H24O8S3. The van der Waals surface area contributed by atoms with Crippen LogP contribution < -0.4 is 0 Å². The van der Waals surface area contributed by atoms with Gasteiger partial charge < -0.3 is 10.2 Å². The molecule has 2 aromatic carbocycles. The van der Waals surface area contributed by atoms with Gasteiger partial charge in [0.1, 0.15) is 5.75 Å². The van der Waals surface area contributed by atoms with Crippen LogP contribution in [0.3, 0.4) is 0 Å². The first-order chi connectivity index (χ1) is 15.9. The van der Waals surface area contributed by atoms with Gasteiger partial charge in [-0.25, -0.2) is 25.3 Å². The third-order valence-corrected chi connectivity index (χ3v) is 11.1. The number of aliphatic hydroxyl groups excluding tert-OH is 1. The highest BCUT2D eigenvalue weighted by Gasteiger charge is 2.30. The number of aromatic hydroxyl groups is 1. The average molecular weight is 525 g/mol. The molecule has 0 amide bonds. The SMILES string of the molecule is CCC/C(=C\O)S(=O)(=O)C1=CCC(S(=O)(=O)c2ccc(S(=O)(=O)c3ccc(O)cc3)cc2)C=C1. The molecule has 1 aliphatic carbocycles. The third kappa shape index (κ3) is 4.96. The Hall–Kier alpha value is -2.89. The fourth-order valence-electron chi connectivity index (χ4n) is 3.42. The van der Waals surface area contributed by atoms with Crippen LogP contribution in [-0.2, 0) is 29.5 Å². The molecule has 34 heavy (non-hydrogen) atoms. The number of sulfone groups is 3. The highest BCUT2D eigenvalue weighted by molar-refractivity contribution is 7.99. The minimum Gasteiger partial charge on any atom is -0.515 e. The summed E-state index contributed by atoms with van der Waals surface area (Å²) >= 11 is 0. The Bertz CT molecular complexity index is 1460. The first-order valence-electron chi connectivity index (χ1n) is 10.3. The van der Waals surface area contributed by atoms with Gasteiger partial charge in [-0.3, -0.25) is 0 Å². The smallest absolute Gasteiger partial charge is 0.206 e. The summed E-state index contributed by atoms with van der Waals surface area (Å²) in [5.41, 5.74) is 0. The van der Waals surface area contributed by atoms with Gasteiger partial charge in [0.25, 0.3) is 0 Å². The lowest BCUT2D eigenvalue weighted by Crippen LogP contribution is -2.22. The van der Waals surface area contributed by atoms with E-state index in [2.05, 4.69) is 0 Å². The van der Waals surface area contributed by atoms with Gasteiger partial charge in [0, 0.05) is 0 Å². The van der Waals surface area contributed by atoms with Crippen LogP contribution in [0.5, 0.6) is 5.75 Å². The van der Waals surface area contributed by atoms with E-state index in [4.69, 9.17) is 0 Å². The molecule has 1 unspecified atom stereocenters. The molecule has 0 heterocycles. The van der Waals surface area contributed by atoms with Crippen molar-refractivity contribution in [3.05, 3.63) is 82.8 Å². The van der Waals surface area contributed by atoms with Crippen molar-refractivity contribution in [1.29, 1.82) is 0 Å². The number of rotatable bonds is 8. The molecule has 0 radical (unpaired) electrons. The zero-order valence-electron chi connectivity index (χ0n) is 18.2. The Morgan fingerprint density at radius 1 is 0.912 bits per heavy atom. The number of phenolic OH excluding ortho intramolecular Hbond substituents is 1. The lowest BCUT2D eigenvalue weighted by molar-refractivity contribution is 0.467. The minimum atomic E-state index is -3.92. The number of hydrogen-bond acceptors (Lipinski definition) is 8. The van der Waals surface area contributed by atoms with E-state index in [9.17, 15) is 35.5 Å². The Morgan fingerprint density at radius 2 is 1.44 bits per heavy atom. The molecule has 0 spiro atoms. The second-order valence-electron chi connectivity index (χ2n) is 7.60. The summed E-state index contributed by atoms with van der Waals surface area (Å²) in [5, 5.41) is 17.6. The highest BCUT2D eigenvalue weighted by Crippen LogP contribution is 2.30. The maximum Gasteiger partial charge on any atom is 0.206 e. The first-order valence-corrected chi connectivity index (χ1v) is 14.8. The monoisotopic (exact) mass is 524 g/mol. The molecule has 2 N–H and O–H groups in total. The van der Waals surface area contributed by atoms with Crippen LogP contribution in [0.4, 0.5) is 0 Å². The maximum absolute atomic E-state index is 13.0. The van der Waals surface area contributed by atoms with E-state index in [0.29, 0.717) is 12.7 Å². The fraction of sp³-hybridized carbons (Fsp3) is 0.217. The van der Waals surface area contributed by atoms with Crippen molar-refractivity contribution in [3.63, 3.8) is 0 Å². The summed E-state index contributed by atoms with van der Waals surface area (Å²) in [4.78, 5) is -0.479. The summed E-state index contributed by atoms with van der Waals surface area (Å²) in [6, 6.07) is 9.75. The van der Waals surface area contributed by atoms with E-state index in [1.807, 2.05) is 0 Å². The zero-order valence-corrected chi connectivity index (χ0v) is 20.6. The van der Waals surface area contributed by atoms with Crippen molar-refractivity contribution in [2.75, 3.05) is 0 Å². The highest BCUT2D eigenvalue weighted by atomic mass is 32.2. The van der Waals surface area contributed by atoms with Crippen LogP contribution in [0.25, 0.3) is 0 Å². The van der Waals surface area contributed by atoms with Gasteiger partial charge in [-0.1, -0.05) is 25.5 Å². The quantitative estimate of drug-likeness (QED) is 0.496. The molecule has 11 heteroatoms. The van der Waals surface area contributed by atoms with E-state index < -0.39 is 34.8 Å². The predicted octanol–water partition coefficient (Wildman–Crippen LogP) is 3.83. The summed E-state index contributed by atoms with van der Waals surface area (Å²) in [7, 11) is -11.7. The van der Waals surface area contributed by atoms with Gasteiger partial charge in [0.05, 0.1) is 36.0 Å². The molecule has 3 rings (SSSR count). The lowest BCUT2D eigenvalue weighted by Gasteiger charge is -2.18. The topological polar surface area (TPSA) is 143 Å². The summed E-state index contributed by atoms with van der Waals surface area (Å²) in [6.45, 7) is 1.77. The van der Waals surface area contributed by atoms with Crippen molar-refractivity contribution in [1.82, 2.24) is 0 Å². The molecule has 1 aliphatic rings. The van der Waals surface area contributed by atoms with Crippen molar-refractivity contribution in [3.8, 4) is 5.75 Å². The van der Waals surface area contributed by atoms with E-state index in [1.54, 1.807) is 6.92 Å². The molecule has 182 valence electrons. The molecule has 0 fully saturated rings. The van der Waals surface area contributed by atoms with Crippen LogP contribution >= 0.6 is 0 Å². The van der Waals surface area contributed by atoms with Crippen LogP contribution in [0.2, 0.25) is 0 Å². The number of benzene rings is 2. The van der Waals surface area contributed by atoms with Crippen LogP contribution in [-0.4, -0.2) is 40.7 Å². The second kappa shape index (κ2) is 9.77. The van der Waals surface area contributed by atoms with Crippen LogP contribution in [0.15, 0.2) is 97.5 Å². The Morgan fingerprint density at radius 3 is 1.91 bits per heavy atom. The average Bonchev–Trinajstić information content (AvgIpc) is 2.82. The number of aliphatic hydroxyl groups is 1. The fourth-order valence-corrected chi connectivity index (χ4v) is 7.67. The molecule has 0 bridgehead atoms. The normalized spacial score (nSPS) is 17.4. The molecule has 0 aromatic heterocycles. The Kier molecular flexibility index (Phi) is 7.39. The predicted molar refractivity (Wildman–Crippen MR) is 127 cm³/mol. The van der Waals surface area contributed by atoms with Crippen molar-refractivity contribution in [2.45, 2.75) is 46.1 Å². The largest absolute Gasteiger partial charge is 0.515 e. The van der Waals surface area contributed by atoms with Gasteiger partial charge in [0.2, 0.25) is 19.7 Å². The Labute approximate surface area is 199 Å². The third-order valence-electron chi connectivity index (χ3n) is 5.33. The van der Waals surface area contributed by atoms with Gasteiger partial charge >= 0.3 is 0 Å².